The molecular weight excluding hydrogens is 601 g/mol. The summed E-state index contributed by atoms with van der Waals surface area (Å²) in [7, 11) is 0. The molecule has 49 heavy (non-hydrogen) atoms. The van der Waals surface area contributed by atoms with E-state index in [1.54, 1.807) is 5.57 Å². The van der Waals surface area contributed by atoms with E-state index < -0.39 is 0 Å². The second-order valence-corrected chi connectivity index (χ2v) is 13.3. The Balaban J connectivity index is 1.08. The molecule has 2 fully saturated rings. The van der Waals surface area contributed by atoms with Crippen LogP contribution in [0.25, 0.3) is 68.3 Å². The van der Waals surface area contributed by atoms with Crippen molar-refractivity contribution in [1.82, 2.24) is 29.9 Å². The Morgan fingerprint density at radius 3 is 1.18 bits per heavy atom. The minimum absolute atomic E-state index is 0.305. The molecule has 3 unspecified atom stereocenters. The number of allylic oxidation sites excluding steroid dienone is 2. The number of benzene rings is 5. The minimum atomic E-state index is 0.305. The molecule has 0 amide bonds. The number of hydrogen-bond acceptors (Lipinski definition) is 6. The Labute approximate surface area is 284 Å². The first kappa shape index (κ1) is 27.9. The zero-order valence-corrected chi connectivity index (χ0v) is 26.6. The quantitative estimate of drug-likeness (QED) is 0.163. The molecule has 6 heteroatoms. The van der Waals surface area contributed by atoms with E-state index in [0.717, 1.165) is 45.2 Å². The van der Waals surface area contributed by atoms with E-state index >= 15 is 0 Å². The SMILES string of the molecule is C1=C2CC3(c4cccc(-c5nc(-c6ccccc6)nc(-c6cccc(-c7nc(-c8ccccc8)nc(-c8ccccc8)n7)c6)n5)c4)CC1C23. The van der Waals surface area contributed by atoms with Crippen molar-refractivity contribution in [1.29, 1.82) is 0 Å². The molecular formula is C43H30N6. The average molecular weight is 631 g/mol. The lowest BCUT2D eigenvalue weighted by Gasteiger charge is -2.70. The van der Waals surface area contributed by atoms with Gasteiger partial charge in [0.1, 0.15) is 0 Å². The zero-order valence-electron chi connectivity index (χ0n) is 26.6. The fourth-order valence-corrected chi connectivity index (χ4v) is 8.00. The van der Waals surface area contributed by atoms with E-state index in [1.165, 1.54) is 18.4 Å². The molecule has 2 heterocycles. The predicted molar refractivity (Wildman–Crippen MR) is 192 cm³/mol. The maximum absolute atomic E-state index is 5.11. The first-order valence-electron chi connectivity index (χ1n) is 16.8. The normalized spacial score (nSPS) is 19.9. The molecule has 7 aromatic rings. The van der Waals surface area contributed by atoms with Crippen LogP contribution in [0, 0.1) is 11.8 Å². The summed E-state index contributed by atoms with van der Waals surface area (Å²) in [5, 5.41) is 0. The molecule has 2 saturated carbocycles. The van der Waals surface area contributed by atoms with Crippen molar-refractivity contribution in [3.8, 4) is 68.3 Å². The van der Waals surface area contributed by atoms with Crippen molar-refractivity contribution in [2.24, 2.45) is 11.8 Å². The van der Waals surface area contributed by atoms with Crippen molar-refractivity contribution in [2.75, 3.05) is 0 Å². The van der Waals surface area contributed by atoms with E-state index in [4.69, 9.17) is 29.9 Å². The van der Waals surface area contributed by atoms with Crippen LogP contribution in [0.1, 0.15) is 18.4 Å². The summed E-state index contributed by atoms with van der Waals surface area (Å²) in [6.45, 7) is 0. The predicted octanol–water partition coefficient (Wildman–Crippen LogP) is 9.28. The summed E-state index contributed by atoms with van der Waals surface area (Å²) < 4.78 is 0. The first-order chi connectivity index (χ1) is 24.2. The minimum Gasteiger partial charge on any atom is -0.208 e. The standard InChI is InChI=1S/C43H30N6/c1-4-12-27(13-5-1)37-44-38(28-14-6-2-7-15-28)46-40(45-37)30-18-10-19-31(22-30)41-47-39(29-16-8-3-9-17-29)48-42(49-41)32-20-11-21-35(24-32)43-25-33-23-34(26-43)36(33)43/h1-24,33,36H,25-26H2. The van der Waals surface area contributed by atoms with Crippen LogP contribution < -0.4 is 0 Å². The van der Waals surface area contributed by atoms with Crippen LogP contribution in [0.5, 0.6) is 0 Å². The van der Waals surface area contributed by atoms with Crippen molar-refractivity contribution < 1.29 is 0 Å². The van der Waals surface area contributed by atoms with E-state index in [-0.39, 0.29) is 0 Å². The molecule has 2 aromatic heterocycles. The highest BCUT2D eigenvalue weighted by Gasteiger charge is 2.67. The van der Waals surface area contributed by atoms with Gasteiger partial charge in [0.25, 0.3) is 0 Å². The third kappa shape index (κ3) is 4.63. The van der Waals surface area contributed by atoms with Gasteiger partial charge < -0.3 is 0 Å². The van der Waals surface area contributed by atoms with Gasteiger partial charge in [-0.05, 0) is 42.4 Å². The lowest BCUT2D eigenvalue weighted by Crippen LogP contribution is -2.64. The topological polar surface area (TPSA) is 77.3 Å². The van der Waals surface area contributed by atoms with Gasteiger partial charge in [-0.3, -0.25) is 0 Å². The van der Waals surface area contributed by atoms with Gasteiger partial charge in [0, 0.05) is 38.8 Å². The Bertz CT molecular complexity index is 2350. The van der Waals surface area contributed by atoms with Crippen LogP contribution >= 0.6 is 0 Å². The van der Waals surface area contributed by atoms with Gasteiger partial charge in [-0.2, -0.15) is 0 Å². The summed E-state index contributed by atoms with van der Waals surface area (Å²) in [4.78, 5) is 29.9. The third-order valence-electron chi connectivity index (χ3n) is 10.4. The third-order valence-corrected chi connectivity index (χ3v) is 10.4. The molecule has 0 radical (unpaired) electrons. The molecule has 10 rings (SSSR count). The van der Waals surface area contributed by atoms with Gasteiger partial charge in [-0.15, -0.1) is 0 Å². The lowest BCUT2D eigenvalue weighted by molar-refractivity contribution is -0.0137. The molecule has 0 aliphatic heterocycles. The highest BCUT2D eigenvalue weighted by molar-refractivity contribution is 5.72. The molecule has 0 saturated heterocycles. The van der Waals surface area contributed by atoms with Crippen LogP contribution in [-0.4, -0.2) is 29.9 Å². The van der Waals surface area contributed by atoms with Crippen LogP contribution in [0.15, 0.2) is 151 Å². The highest BCUT2D eigenvalue weighted by Crippen LogP contribution is 2.73. The largest absolute Gasteiger partial charge is 0.208 e. The summed E-state index contributed by atoms with van der Waals surface area (Å²) in [5.74, 6) is 5.28. The number of rotatable bonds is 7. The summed E-state index contributed by atoms with van der Waals surface area (Å²) in [5.41, 5.74) is 8.90. The number of hydrogen-bond donors (Lipinski definition) is 0. The molecule has 232 valence electrons. The molecule has 3 aliphatic carbocycles. The van der Waals surface area contributed by atoms with Gasteiger partial charge in [-0.1, -0.05) is 139 Å². The fraction of sp³-hybridized carbons (Fsp3) is 0.116. The molecule has 0 N–H and O–H groups in total. The van der Waals surface area contributed by atoms with E-state index in [0.29, 0.717) is 40.4 Å². The molecule has 3 aliphatic rings. The second-order valence-electron chi connectivity index (χ2n) is 13.3. The summed E-state index contributed by atoms with van der Waals surface area (Å²) in [6.07, 6.45) is 4.93. The van der Waals surface area contributed by atoms with Crippen molar-refractivity contribution in [3.05, 3.63) is 157 Å². The molecule has 0 spiro atoms. The summed E-state index contributed by atoms with van der Waals surface area (Å²) >= 11 is 0. The van der Waals surface area contributed by atoms with Gasteiger partial charge in [0.15, 0.2) is 34.9 Å². The number of nitrogens with zero attached hydrogens (tertiary/aromatic N) is 6. The summed E-state index contributed by atoms with van der Waals surface area (Å²) in [6, 6.07) is 47.2. The van der Waals surface area contributed by atoms with E-state index in [2.05, 4.69) is 36.4 Å². The number of aromatic nitrogens is 6. The molecule has 6 nitrogen and oxygen atoms in total. The molecule has 0 bridgehead atoms. The Morgan fingerprint density at radius 1 is 0.408 bits per heavy atom. The highest BCUT2D eigenvalue weighted by atomic mass is 15.0. The van der Waals surface area contributed by atoms with E-state index in [1.807, 2.05) is 109 Å². The first-order valence-corrected chi connectivity index (χ1v) is 16.8. The van der Waals surface area contributed by atoms with Crippen LogP contribution in [0.2, 0.25) is 0 Å². The fourth-order valence-electron chi connectivity index (χ4n) is 8.00. The maximum atomic E-state index is 5.11. The monoisotopic (exact) mass is 630 g/mol. The lowest BCUT2D eigenvalue weighted by atomic mass is 9.33. The van der Waals surface area contributed by atoms with Gasteiger partial charge in [0.05, 0.1) is 0 Å². The van der Waals surface area contributed by atoms with Crippen molar-refractivity contribution in [2.45, 2.75) is 18.3 Å². The Morgan fingerprint density at radius 2 is 0.796 bits per heavy atom. The van der Waals surface area contributed by atoms with Gasteiger partial charge >= 0.3 is 0 Å². The smallest absolute Gasteiger partial charge is 0.164 e. The van der Waals surface area contributed by atoms with Crippen molar-refractivity contribution in [3.63, 3.8) is 0 Å². The Kier molecular flexibility index (Phi) is 6.24. The van der Waals surface area contributed by atoms with Crippen LogP contribution in [0.4, 0.5) is 0 Å². The molecule has 3 atom stereocenters. The zero-order chi connectivity index (χ0) is 32.4. The Hall–Kier alpha value is -6.14. The van der Waals surface area contributed by atoms with E-state index in [9.17, 15) is 0 Å². The molecule has 5 aromatic carbocycles. The second kappa shape index (κ2) is 11.0. The van der Waals surface area contributed by atoms with Crippen LogP contribution in [-0.2, 0) is 5.41 Å². The maximum Gasteiger partial charge on any atom is 0.164 e. The van der Waals surface area contributed by atoms with Gasteiger partial charge in [0.2, 0.25) is 0 Å². The van der Waals surface area contributed by atoms with Crippen LogP contribution in [0.3, 0.4) is 0 Å². The van der Waals surface area contributed by atoms with Crippen molar-refractivity contribution >= 4 is 0 Å². The average Bonchev–Trinajstić information content (AvgIpc) is 3.18. The van der Waals surface area contributed by atoms with Gasteiger partial charge in [-0.25, -0.2) is 29.9 Å².